The Kier molecular flexibility index (Phi) is 36.2. The smallest absolute Gasteiger partial charge is 0.462 e. The quantitative estimate of drug-likeness (QED) is 0.0276. The van der Waals surface area contributed by atoms with Gasteiger partial charge in [0, 0.05) is 19.4 Å². The minimum atomic E-state index is -4.38. The predicted molar refractivity (Wildman–Crippen MR) is 210 cm³/mol. The SMILES string of the molecule is CCCCCC=CCC=CCCCCCCCC(=O)OC[C@H](COP(=O)(O)OCCN)OC(=O)CCCCCCCC=CCC=CCCCCC. The Bertz CT molecular complexity index is 981. The highest BCUT2D eigenvalue weighted by atomic mass is 31.2. The first-order chi connectivity index (χ1) is 24.8. The summed E-state index contributed by atoms with van der Waals surface area (Å²) < 4.78 is 32.7. The van der Waals surface area contributed by atoms with Crippen molar-refractivity contribution in [3.63, 3.8) is 0 Å². The molecule has 10 heteroatoms. The minimum Gasteiger partial charge on any atom is -0.462 e. The molecule has 0 radical (unpaired) electrons. The first-order valence-corrected chi connectivity index (χ1v) is 21.6. The van der Waals surface area contributed by atoms with Crippen LogP contribution in [0, 0.1) is 0 Å². The van der Waals surface area contributed by atoms with Crippen LogP contribution in [0.1, 0.15) is 168 Å². The molecule has 0 aromatic rings. The molecule has 296 valence electrons. The van der Waals surface area contributed by atoms with E-state index in [0.717, 1.165) is 77.0 Å². The Hall–Kier alpha value is -2.03. The van der Waals surface area contributed by atoms with Crippen LogP contribution in [-0.4, -0.2) is 49.3 Å². The number of nitrogens with two attached hydrogens (primary N) is 1. The molecule has 3 N–H and O–H groups in total. The van der Waals surface area contributed by atoms with Crippen LogP contribution in [0.3, 0.4) is 0 Å². The highest BCUT2D eigenvalue weighted by Gasteiger charge is 2.25. The molecule has 0 aliphatic heterocycles. The fourth-order valence-electron chi connectivity index (χ4n) is 5.16. The van der Waals surface area contributed by atoms with E-state index in [1.165, 1.54) is 51.4 Å². The van der Waals surface area contributed by atoms with Crippen LogP contribution in [0.2, 0.25) is 0 Å². The third-order valence-corrected chi connectivity index (χ3v) is 9.17. The summed E-state index contributed by atoms with van der Waals surface area (Å²) in [6.07, 6.45) is 41.3. The van der Waals surface area contributed by atoms with Gasteiger partial charge in [-0.3, -0.25) is 18.6 Å². The van der Waals surface area contributed by atoms with Gasteiger partial charge in [-0.05, 0) is 77.0 Å². The summed E-state index contributed by atoms with van der Waals surface area (Å²) in [7, 11) is -4.38. The van der Waals surface area contributed by atoms with E-state index in [4.69, 9.17) is 24.3 Å². The Morgan fingerprint density at radius 2 is 1.02 bits per heavy atom. The molecule has 0 saturated carbocycles. The number of phosphoric acid groups is 1. The van der Waals surface area contributed by atoms with Gasteiger partial charge in [-0.15, -0.1) is 0 Å². The zero-order valence-electron chi connectivity index (χ0n) is 32.3. The van der Waals surface area contributed by atoms with Crippen molar-refractivity contribution < 1.29 is 37.6 Å². The van der Waals surface area contributed by atoms with E-state index in [-0.39, 0.29) is 32.6 Å². The topological polar surface area (TPSA) is 134 Å². The highest BCUT2D eigenvalue weighted by Crippen LogP contribution is 2.43. The van der Waals surface area contributed by atoms with Gasteiger partial charge in [0.1, 0.15) is 6.61 Å². The van der Waals surface area contributed by atoms with Gasteiger partial charge in [0.2, 0.25) is 0 Å². The van der Waals surface area contributed by atoms with E-state index in [1.807, 2.05) is 0 Å². The van der Waals surface area contributed by atoms with Gasteiger partial charge in [0.15, 0.2) is 6.10 Å². The zero-order valence-corrected chi connectivity index (χ0v) is 33.2. The highest BCUT2D eigenvalue weighted by molar-refractivity contribution is 7.47. The summed E-state index contributed by atoms with van der Waals surface area (Å²) in [5.74, 6) is -0.864. The maximum atomic E-state index is 12.5. The lowest BCUT2D eigenvalue weighted by atomic mass is 10.1. The van der Waals surface area contributed by atoms with Crippen molar-refractivity contribution in [3.05, 3.63) is 48.6 Å². The van der Waals surface area contributed by atoms with Crippen molar-refractivity contribution >= 4 is 19.8 Å². The summed E-state index contributed by atoms with van der Waals surface area (Å²) in [4.78, 5) is 34.8. The number of hydrogen-bond donors (Lipinski definition) is 2. The van der Waals surface area contributed by atoms with Gasteiger partial charge in [-0.1, -0.05) is 127 Å². The van der Waals surface area contributed by atoms with Crippen molar-refractivity contribution in [1.82, 2.24) is 0 Å². The molecule has 0 spiro atoms. The molecular weight excluding hydrogens is 665 g/mol. The number of carbonyl (C=O) groups excluding carboxylic acids is 2. The van der Waals surface area contributed by atoms with Crippen LogP contribution in [0.5, 0.6) is 0 Å². The summed E-state index contributed by atoms with van der Waals surface area (Å²) in [6.45, 7) is 3.63. The van der Waals surface area contributed by atoms with E-state index >= 15 is 0 Å². The molecule has 0 aliphatic carbocycles. The first kappa shape index (κ1) is 49.0. The molecule has 0 aromatic heterocycles. The number of unbranched alkanes of at least 4 members (excludes halogenated alkanes) is 16. The number of carbonyl (C=O) groups is 2. The summed E-state index contributed by atoms with van der Waals surface area (Å²) in [6, 6.07) is 0. The zero-order chi connectivity index (χ0) is 37.5. The van der Waals surface area contributed by atoms with Crippen molar-refractivity contribution in [2.45, 2.75) is 174 Å². The molecule has 0 heterocycles. The molecule has 1 unspecified atom stereocenters. The van der Waals surface area contributed by atoms with Crippen LogP contribution in [0.15, 0.2) is 48.6 Å². The average Bonchev–Trinajstić information content (AvgIpc) is 3.11. The third-order valence-electron chi connectivity index (χ3n) is 8.19. The van der Waals surface area contributed by atoms with Gasteiger partial charge < -0.3 is 20.1 Å². The normalized spacial score (nSPS) is 13.9. The molecule has 0 saturated heterocycles. The van der Waals surface area contributed by atoms with Crippen molar-refractivity contribution in [3.8, 4) is 0 Å². The number of ether oxygens (including phenoxy) is 2. The number of allylic oxidation sites excluding steroid dienone is 8. The summed E-state index contributed by atoms with van der Waals surface area (Å²) in [5.41, 5.74) is 5.33. The second-order valence-corrected chi connectivity index (χ2v) is 14.6. The van der Waals surface area contributed by atoms with E-state index in [0.29, 0.717) is 12.8 Å². The van der Waals surface area contributed by atoms with E-state index in [9.17, 15) is 19.0 Å². The monoisotopic (exact) mass is 740 g/mol. The average molecular weight is 740 g/mol. The maximum absolute atomic E-state index is 12.5. The van der Waals surface area contributed by atoms with Crippen LogP contribution in [-0.2, 0) is 32.7 Å². The Morgan fingerprint density at radius 1 is 0.588 bits per heavy atom. The summed E-state index contributed by atoms with van der Waals surface area (Å²) in [5, 5.41) is 0. The molecule has 9 nitrogen and oxygen atoms in total. The fraction of sp³-hybridized carbons (Fsp3) is 0.756. The van der Waals surface area contributed by atoms with E-state index in [2.05, 4.69) is 62.5 Å². The standard InChI is InChI=1S/C41H74NO8P/c1-3-5-7-9-11-13-15-17-19-21-23-25-27-29-31-33-40(43)47-37-39(38-49-51(45,46)48-36-35-42)50-41(44)34-32-30-28-26-24-22-20-18-16-14-12-10-8-6-4-2/h11-14,17-20,39H,3-10,15-16,21-38,42H2,1-2H3,(H,45,46)/t39-/m1/s1. The lowest BCUT2D eigenvalue weighted by molar-refractivity contribution is -0.161. The molecule has 0 rings (SSSR count). The Balaban J connectivity index is 4.26. The summed E-state index contributed by atoms with van der Waals surface area (Å²) >= 11 is 0. The van der Waals surface area contributed by atoms with Gasteiger partial charge in [-0.2, -0.15) is 0 Å². The van der Waals surface area contributed by atoms with Crippen LogP contribution < -0.4 is 5.73 Å². The first-order valence-electron chi connectivity index (χ1n) is 20.1. The second kappa shape index (κ2) is 37.7. The third kappa shape index (κ3) is 37.5. The van der Waals surface area contributed by atoms with Crippen LogP contribution in [0.25, 0.3) is 0 Å². The molecular formula is C41H74NO8P. The van der Waals surface area contributed by atoms with Gasteiger partial charge in [-0.25, -0.2) is 4.57 Å². The molecule has 0 amide bonds. The molecule has 2 atom stereocenters. The lowest BCUT2D eigenvalue weighted by Crippen LogP contribution is -2.29. The Morgan fingerprint density at radius 3 is 1.49 bits per heavy atom. The van der Waals surface area contributed by atoms with Gasteiger partial charge in [0.05, 0.1) is 13.2 Å². The number of phosphoric ester groups is 1. The van der Waals surface area contributed by atoms with E-state index in [1.54, 1.807) is 0 Å². The number of hydrogen-bond acceptors (Lipinski definition) is 8. The molecule has 51 heavy (non-hydrogen) atoms. The van der Waals surface area contributed by atoms with Crippen LogP contribution >= 0.6 is 7.82 Å². The van der Waals surface area contributed by atoms with E-state index < -0.39 is 32.5 Å². The van der Waals surface area contributed by atoms with Crippen molar-refractivity contribution in [1.29, 1.82) is 0 Å². The van der Waals surface area contributed by atoms with Crippen molar-refractivity contribution in [2.75, 3.05) is 26.4 Å². The predicted octanol–water partition coefficient (Wildman–Crippen LogP) is 11.2. The van der Waals surface area contributed by atoms with Gasteiger partial charge in [0.25, 0.3) is 0 Å². The minimum absolute atomic E-state index is 0.0473. The van der Waals surface area contributed by atoms with Crippen LogP contribution in [0.4, 0.5) is 0 Å². The van der Waals surface area contributed by atoms with Gasteiger partial charge >= 0.3 is 19.8 Å². The molecule has 0 aliphatic rings. The Labute approximate surface area is 311 Å². The fourth-order valence-corrected chi connectivity index (χ4v) is 5.93. The maximum Gasteiger partial charge on any atom is 0.472 e. The second-order valence-electron chi connectivity index (χ2n) is 13.1. The molecule has 0 bridgehead atoms. The molecule has 0 fully saturated rings. The molecule has 0 aromatic carbocycles. The number of rotatable bonds is 37. The largest absolute Gasteiger partial charge is 0.472 e. The number of esters is 2. The lowest BCUT2D eigenvalue weighted by Gasteiger charge is -2.19. The van der Waals surface area contributed by atoms with Crippen molar-refractivity contribution in [2.24, 2.45) is 5.73 Å².